The van der Waals surface area contributed by atoms with Gasteiger partial charge < -0.3 is 42.9 Å². The van der Waals surface area contributed by atoms with Crippen molar-refractivity contribution in [2.24, 2.45) is 11.5 Å². The van der Waals surface area contributed by atoms with Crippen molar-refractivity contribution in [2.75, 3.05) is 0 Å². The number of aliphatic carboxylic acids is 1. The minimum absolute atomic E-state index is 0.0255. The molecule has 0 fully saturated rings. The van der Waals surface area contributed by atoms with Crippen LogP contribution in [0.4, 0.5) is 0 Å². The number of rotatable bonds is 16. The Morgan fingerprint density at radius 1 is 0.718 bits per heavy atom. The maximum absolute atomic E-state index is 13.2. The van der Waals surface area contributed by atoms with Crippen LogP contribution in [0.1, 0.15) is 52.0 Å². The van der Waals surface area contributed by atoms with E-state index in [0.717, 1.165) is 0 Å². The van der Waals surface area contributed by atoms with Crippen LogP contribution in [0.15, 0.2) is 24.3 Å². The fraction of sp³-hybridized carbons (Fsp3) is 0.520. The molecule has 0 aliphatic carbocycles. The predicted molar refractivity (Wildman–Crippen MR) is 140 cm³/mol. The lowest BCUT2D eigenvalue weighted by Gasteiger charge is -2.25. The van der Waals surface area contributed by atoms with Crippen LogP contribution in [0.25, 0.3) is 0 Å². The van der Waals surface area contributed by atoms with Crippen LogP contribution in [0, 0.1) is 0 Å². The van der Waals surface area contributed by atoms with Gasteiger partial charge >= 0.3 is 5.97 Å². The molecule has 0 saturated carbocycles. The first-order valence-electron chi connectivity index (χ1n) is 12.6. The van der Waals surface area contributed by atoms with Crippen molar-refractivity contribution in [3.05, 3.63) is 29.8 Å². The second-order valence-electron chi connectivity index (χ2n) is 8.96. The van der Waals surface area contributed by atoms with E-state index in [2.05, 4.69) is 21.3 Å². The van der Waals surface area contributed by atoms with E-state index < -0.39 is 72.1 Å². The molecule has 0 aliphatic heterocycles. The van der Waals surface area contributed by atoms with Gasteiger partial charge in [0, 0.05) is 6.42 Å². The highest BCUT2D eigenvalue weighted by Gasteiger charge is 2.32. The summed E-state index contributed by atoms with van der Waals surface area (Å²) < 4.78 is 0. The first-order chi connectivity index (χ1) is 18.3. The van der Waals surface area contributed by atoms with Crippen molar-refractivity contribution < 1.29 is 39.0 Å². The van der Waals surface area contributed by atoms with Gasteiger partial charge in [-0.15, -0.1) is 0 Å². The fourth-order valence-corrected chi connectivity index (χ4v) is 3.46. The number of hydrogen-bond donors (Lipinski definition) is 8. The zero-order chi connectivity index (χ0) is 29.7. The number of nitrogens with two attached hydrogens (primary N) is 2. The third-order valence-corrected chi connectivity index (χ3v) is 5.89. The van der Waals surface area contributed by atoms with Crippen LogP contribution >= 0.6 is 0 Å². The SMILES string of the molecule is CC[C@H](NC(=O)[C@H](Cc1ccc(O)cc1)NC(=O)[C@H](CC(N)=O)NC(=O)[C@H](CC)NC(=O)[C@@H](N)CC)C(=O)O. The lowest BCUT2D eigenvalue weighted by atomic mass is 10.0. The van der Waals surface area contributed by atoms with Crippen LogP contribution in [0.3, 0.4) is 0 Å². The molecule has 14 nitrogen and oxygen atoms in total. The molecule has 5 amide bonds. The molecule has 1 aromatic rings. The molecule has 0 bridgehead atoms. The van der Waals surface area contributed by atoms with Gasteiger partial charge in [-0.1, -0.05) is 32.9 Å². The lowest BCUT2D eigenvalue weighted by Crippen LogP contribution is -2.59. The van der Waals surface area contributed by atoms with Crippen molar-refractivity contribution >= 4 is 35.5 Å². The zero-order valence-electron chi connectivity index (χ0n) is 22.2. The summed E-state index contributed by atoms with van der Waals surface area (Å²) in [5, 5.41) is 28.5. The van der Waals surface area contributed by atoms with Crippen molar-refractivity contribution in [3.8, 4) is 5.75 Å². The van der Waals surface area contributed by atoms with Crippen molar-refractivity contribution in [1.82, 2.24) is 21.3 Å². The van der Waals surface area contributed by atoms with E-state index in [9.17, 15) is 39.0 Å². The van der Waals surface area contributed by atoms with Gasteiger partial charge in [0.25, 0.3) is 0 Å². The van der Waals surface area contributed by atoms with Gasteiger partial charge in [-0.05, 0) is 37.0 Å². The highest BCUT2D eigenvalue weighted by Crippen LogP contribution is 2.12. The van der Waals surface area contributed by atoms with E-state index >= 15 is 0 Å². The number of carbonyl (C=O) groups excluding carboxylic acids is 5. The molecule has 0 saturated heterocycles. The molecule has 0 aromatic heterocycles. The van der Waals surface area contributed by atoms with Gasteiger partial charge in [-0.2, -0.15) is 0 Å². The molecule has 0 aliphatic rings. The quantitative estimate of drug-likeness (QED) is 0.118. The second kappa shape index (κ2) is 15.9. The maximum Gasteiger partial charge on any atom is 0.326 e. The predicted octanol–water partition coefficient (Wildman–Crippen LogP) is -1.61. The maximum atomic E-state index is 13.2. The summed E-state index contributed by atoms with van der Waals surface area (Å²) in [5.74, 6) is -5.30. The summed E-state index contributed by atoms with van der Waals surface area (Å²) in [6.45, 7) is 4.87. The van der Waals surface area contributed by atoms with Gasteiger partial charge in [0.05, 0.1) is 12.5 Å². The Morgan fingerprint density at radius 3 is 1.67 bits per heavy atom. The molecule has 1 rings (SSSR count). The van der Waals surface area contributed by atoms with Gasteiger partial charge in [-0.3, -0.25) is 24.0 Å². The minimum atomic E-state index is -1.50. The molecule has 1 aromatic carbocycles. The van der Waals surface area contributed by atoms with Crippen LogP contribution in [-0.2, 0) is 35.2 Å². The second-order valence-corrected chi connectivity index (χ2v) is 8.96. The average molecular weight is 551 g/mol. The van der Waals surface area contributed by atoms with E-state index in [-0.39, 0.29) is 25.0 Å². The first kappa shape index (κ1) is 32.8. The molecule has 14 heteroatoms. The molecule has 10 N–H and O–H groups in total. The van der Waals surface area contributed by atoms with Crippen LogP contribution in [-0.4, -0.2) is 75.9 Å². The van der Waals surface area contributed by atoms with Crippen molar-refractivity contribution in [3.63, 3.8) is 0 Å². The molecule has 0 spiro atoms. The number of amides is 5. The Kier molecular flexibility index (Phi) is 13.4. The number of hydrogen-bond acceptors (Lipinski definition) is 8. The van der Waals surface area contributed by atoms with Gasteiger partial charge in [0.2, 0.25) is 29.5 Å². The molecule has 216 valence electrons. The normalized spacial score (nSPS) is 14.6. The van der Waals surface area contributed by atoms with E-state index in [1.165, 1.54) is 24.3 Å². The molecular formula is C25H38N6O8. The van der Waals surface area contributed by atoms with E-state index in [0.29, 0.717) is 12.0 Å². The monoisotopic (exact) mass is 550 g/mol. The summed E-state index contributed by atoms with van der Waals surface area (Å²) in [7, 11) is 0. The van der Waals surface area contributed by atoms with Crippen molar-refractivity contribution in [2.45, 2.75) is 83.1 Å². The third kappa shape index (κ3) is 11.0. The number of aromatic hydroxyl groups is 1. The van der Waals surface area contributed by atoms with Gasteiger partial charge in [0.15, 0.2) is 0 Å². The number of carboxylic acid groups (broad SMARTS) is 1. The van der Waals surface area contributed by atoms with Crippen LogP contribution < -0.4 is 32.7 Å². The smallest absolute Gasteiger partial charge is 0.326 e. The van der Waals surface area contributed by atoms with E-state index in [1.807, 2.05) is 0 Å². The number of phenolic OH excluding ortho intramolecular Hbond substituents is 1. The van der Waals surface area contributed by atoms with Crippen LogP contribution in [0.2, 0.25) is 0 Å². The fourth-order valence-electron chi connectivity index (χ4n) is 3.46. The van der Waals surface area contributed by atoms with Gasteiger partial charge in [-0.25, -0.2) is 4.79 Å². The molecule has 39 heavy (non-hydrogen) atoms. The summed E-state index contributed by atoms with van der Waals surface area (Å²) >= 11 is 0. The molecule has 0 heterocycles. The highest BCUT2D eigenvalue weighted by atomic mass is 16.4. The number of primary amides is 1. The first-order valence-corrected chi connectivity index (χ1v) is 12.6. The number of phenols is 1. The molecule has 0 unspecified atom stereocenters. The standard InChI is InChI=1S/C25H38N6O8/c1-4-15(26)21(34)28-16(5-2)22(35)31-19(12-20(27)33)24(37)30-18(11-13-7-9-14(32)10-8-13)23(36)29-17(6-3)25(38)39/h7-10,15-19,32H,4-6,11-12,26H2,1-3H3,(H2,27,33)(H,28,34)(H,29,36)(H,30,37)(H,31,35)(H,38,39)/t15-,16-,17-,18-,19-/m0/s1. The number of nitrogens with one attached hydrogen (secondary N) is 4. The van der Waals surface area contributed by atoms with E-state index in [4.69, 9.17) is 11.5 Å². The average Bonchev–Trinajstić information content (AvgIpc) is 2.89. The Morgan fingerprint density at radius 2 is 1.18 bits per heavy atom. The summed E-state index contributed by atoms with van der Waals surface area (Å²) in [6, 6.07) is -0.173. The minimum Gasteiger partial charge on any atom is -0.508 e. The van der Waals surface area contributed by atoms with E-state index in [1.54, 1.807) is 20.8 Å². The Balaban J connectivity index is 3.16. The highest BCUT2D eigenvalue weighted by molar-refractivity contribution is 5.97. The Hall–Kier alpha value is -4.20. The topological polar surface area (TPSA) is 243 Å². The largest absolute Gasteiger partial charge is 0.508 e. The number of carbonyl (C=O) groups is 6. The molecule has 0 radical (unpaired) electrons. The summed E-state index contributed by atoms with van der Waals surface area (Å²) in [5.41, 5.74) is 11.5. The summed E-state index contributed by atoms with van der Waals surface area (Å²) in [4.78, 5) is 74.3. The lowest BCUT2D eigenvalue weighted by molar-refractivity contribution is -0.142. The number of carboxylic acids is 1. The number of benzene rings is 1. The third-order valence-electron chi connectivity index (χ3n) is 5.89. The Bertz CT molecular complexity index is 1030. The Labute approximate surface area is 226 Å². The molecular weight excluding hydrogens is 512 g/mol. The van der Waals surface area contributed by atoms with Gasteiger partial charge in [0.1, 0.15) is 29.9 Å². The summed E-state index contributed by atoms with van der Waals surface area (Å²) in [6.07, 6.45) is -0.155. The molecule has 5 atom stereocenters. The zero-order valence-corrected chi connectivity index (χ0v) is 22.2. The van der Waals surface area contributed by atoms with Crippen molar-refractivity contribution in [1.29, 1.82) is 0 Å². The van der Waals surface area contributed by atoms with Crippen LogP contribution in [0.5, 0.6) is 5.75 Å².